The largest absolute Gasteiger partial charge is 0.467 e. The number of likely N-dealkylation sites (tertiary alicyclic amines) is 1. The molecule has 0 saturated carbocycles. The molecule has 1 aliphatic rings. The van der Waals surface area contributed by atoms with E-state index in [9.17, 15) is 14.4 Å². The van der Waals surface area contributed by atoms with Crippen LogP contribution in [0.2, 0.25) is 0 Å². The van der Waals surface area contributed by atoms with Crippen molar-refractivity contribution in [3.8, 4) is 0 Å². The Kier molecular flexibility index (Phi) is 7.88. The lowest BCUT2D eigenvalue weighted by Crippen LogP contribution is -2.39. The molecule has 2 aromatic rings. The number of nitrogens with one attached hydrogen (secondary N) is 1. The molecule has 7 nitrogen and oxygen atoms in total. The molecule has 0 spiro atoms. The van der Waals surface area contributed by atoms with Crippen molar-refractivity contribution in [2.45, 2.75) is 58.4 Å². The molecule has 0 unspecified atom stereocenters. The van der Waals surface area contributed by atoms with Crippen molar-refractivity contribution < 1.29 is 14.0 Å². The van der Waals surface area contributed by atoms with Gasteiger partial charge in [0.1, 0.15) is 16.9 Å². The summed E-state index contributed by atoms with van der Waals surface area (Å²) in [5.74, 6) is -0.0529. The highest BCUT2D eigenvalue weighted by atomic mass is 16.3. The van der Waals surface area contributed by atoms with Gasteiger partial charge in [-0.15, -0.1) is 0 Å². The van der Waals surface area contributed by atoms with Crippen LogP contribution in [0.1, 0.15) is 78.3 Å². The highest BCUT2D eigenvalue weighted by Crippen LogP contribution is 2.14. The summed E-state index contributed by atoms with van der Waals surface area (Å²) in [5.41, 5.74) is -0.465. The summed E-state index contributed by atoms with van der Waals surface area (Å²) < 4.78 is 7.09. The van der Waals surface area contributed by atoms with E-state index in [0.29, 0.717) is 31.9 Å². The van der Waals surface area contributed by atoms with Gasteiger partial charge in [-0.1, -0.05) is 32.6 Å². The third kappa shape index (κ3) is 5.62. The lowest BCUT2D eigenvalue weighted by Gasteiger charge is -2.25. The van der Waals surface area contributed by atoms with Crippen LogP contribution >= 0.6 is 0 Å². The molecule has 2 aromatic heterocycles. The third-order valence-corrected chi connectivity index (χ3v) is 5.43. The molecule has 0 atom stereocenters. The van der Waals surface area contributed by atoms with Gasteiger partial charge in [0.2, 0.25) is 5.43 Å². The van der Waals surface area contributed by atoms with Gasteiger partial charge in [0, 0.05) is 32.0 Å². The van der Waals surface area contributed by atoms with Crippen LogP contribution in [0.15, 0.2) is 40.0 Å². The maximum Gasteiger partial charge on any atom is 0.259 e. The lowest BCUT2D eigenvalue weighted by molar-refractivity contribution is 0.0740. The van der Waals surface area contributed by atoms with Crippen molar-refractivity contribution in [2.24, 2.45) is 0 Å². The summed E-state index contributed by atoms with van der Waals surface area (Å²) in [6, 6.07) is 3.60. The Labute approximate surface area is 177 Å². The van der Waals surface area contributed by atoms with Crippen LogP contribution in [-0.2, 0) is 6.54 Å². The Morgan fingerprint density at radius 2 is 1.77 bits per heavy atom. The summed E-state index contributed by atoms with van der Waals surface area (Å²) in [6.45, 7) is 4.15. The quantitative estimate of drug-likeness (QED) is 0.705. The molecule has 1 fully saturated rings. The molecular weight excluding hydrogens is 382 g/mol. The molecule has 1 N–H and O–H groups in total. The number of nitrogens with zero attached hydrogens (tertiary/aromatic N) is 2. The predicted octanol–water partition coefficient (Wildman–Crippen LogP) is 3.43. The predicted molar refractivity (Wildman–Crippen MR) is 115 cm³/mol. The second kappa shape index (κ2) is 10.8. The summed E-state index contributed by atoms with van der Waals surface area (Å²) >= 11 is 0. The van der Waals surface area contributed by atoms with Gasteiger partial charge in [-0.05, 0) is 31.4 Å². The van der Waals surface area contributed by atoms with Crippen molar-refractivity contribution in [1.82, 2.24) is 14.8 Å². The van der Waals surface area contributed by atoms with Gasteiger partial charge >= 0.3 is 0 Å². The highest BCUT2D eigenvalue weighted by Gasteiger charge is 2.24. The fraction of sp³-hybridized carbons (Fsp3) is 0.522. The van der Waals surface area contributed by atoms with Crippen LogP contribution in [0.3, 0.4) is 0 Å². The van der Waals surface area contributed by atoms with Gasteiger partial charge in [-0.3, -0.25) is 14.4 Å². The normalized spacial score (nSPS) is 14.8. The molecule has 30 heavy (non-hydrogen) atoms. The van der Waals surface area contributed by atoms with E-state index in [0.717, 1.165) is 38.5 Å². The Morgan fingerprint density at radius 3 is 2.43 bits per heavy atom. The number of unbranched alkanes of at least 4 members (excludes halogenated alkanes) is 1. The molecule has 7 heteroatoms. The number of rotatable bonds is 7. The SMILES string of the molecule is CCCCNC(=O)c1cn(Cc2ccco2)cc(C(=O)N2CCCCCCC2)c1=O. The number of hydrogen-bond donors (Lipinski definition) is 1. The number of amides is 2. The number of pyridine rings is 1. The molecule has 162 valence electrons. The van der Waals surface area contributed by atoms with Gasteiger partial charge in [-0.25, -0.2) is 0 Å². The molecule has 3 rings (SSSR count). The van der Waals surface area contributed by atoms with Crippen molar-refractivity contribution >= 4 is 11.8 Å². The van der Waals surface area contributed by atoms with Crippen LogP contribution in [-0.4, -0.2) is 40.9 Å². The zero-order valence-electron chi connectivity index (χ0n) is 17.7. The minimum absolute atomic E-state index is 0.00412. The maximum absolute atomic E-state index is 13.2. The van der Waals surface area contributed by atoms with Crippen LogP contribution in [0.5, 0.6) is 0 Å². The van der Waals surface area contributed by atoms with Crippen LogP contribution in [0.25, 0.3) is 0 Å². The first kappa shape index (κ1) is 21.9. The highest BCUT2D eigenvalue weighted by molar-refractivity contribution is 5.99. The Bertz CT molecular complexity index is 894. The first-order valence-electron chi connectivity index (χ1n) is 10.9. The summed E-state index contributed by atoms with van der Waals surface area (Å²) in [5, 5.41) is 2.79. The fourth-order valence-electron chi connectivity index (χ4n) is 3.71. The molecule has 3 heterocycles. The Hall–Kier alpha value is -2.83. The van der Waals surface area contributed by atoms with Crippen LogP contribution in [0.4, 0.5) is 0 Å². The molecule has 1 aliphatic heterocycles. The van der Waals surface area contributed by atoms with Crippen LogP contribution < -0.4 is 10.7 Å². The van der Waals surface area contributed by atoms with E-state index in [1.54, 1.807) is 28.0 Å². The zero-order chi connectivity index (χ0) is 21.3. The van der Waals surface area contributed by atoms with E-state index >= 15 is 0 Å². The first-order chi connectivity index (χ1) is 14.6. The maximum atomic E-state index is 13.2. The fourth-order valence-corrected chi connectivity index (χ4v) is 3.71. The first-order valence-corrected chi connectivity index (χ1v) is 10.9. The molecule has 2 amide bonds. The standard InChI is InChI=1S/C23H31N3O4/c1-2-3-11-24-22(28)19-16-25(15-18-10-9-14-30-18)17-20(21(19)27)23(29)26-12-7-5-4-6-8-13-26/h9-10,14,16-17H,2-8,11-13,15H2,1H3,(H,24,28). The second-order valence-corrected chi connectivity index (χ2v) is 7.84. The van der Waals surface area contributed by atoms with E-state index < -0.39 is 11.3 Å². The van der Waals surface area contributed by atoms with Gasteiger partial charge in [-0.2, -0.15) is 0 Å². The number of carbonyl (C=O) groups excluding carboxylic acids is 2. The zero-order valence-corrected chi connectivity index (χ0v) is 17.7. The number of aromatic nitrogens is 1. The van der Waals surface area contributed by atoms with Crippen LogP contribution in [0, 0.1) is 0 Å². The molecule has 0 radical (unpaired) electrons. The van der Waals surface area contributed by atoms with Crippen molar-refractivity contribution in [3.63, 3.8) is 0 Å². The van der Waals surface area contributed by atoms with E-state index in [2.05, 4.69) is 5.32 Å². The Balaban J connectivity index is 1.92. The number of carbonyl (C=O) groups is 2. The lowest BCUT2D eigenvalue weighted by atomic mass is 10.1. The smallest absolute Gasteiger partial charge is 0.259 e. The molecular formula is C23H31N3O4. The van der Waals surface area contributed by atoms with E-state index in [1.807, 2.05) is 13.0 Å². The minimum atomic E-state index is -0.508. The topological polar surface area (TPSA) is 84.6 Å². The van der Waals surface area contributed by atoms with Gasteiger partial charge in [0.15, 0.2) is 0 Å². The van der Waals surface area contributed by atoms with E-state index in [4.69, 9.17) is 4.42 Å². The molecule has 0 bridgehead atoms. The Morgan fingerprint density at radius 1 is 1.07 bits per heavy atom. The van der Waals surface area contributed by atoms with Gasteiger partial charge in [0.05, 0.1) is 12.8 Å². The molecule has 1 saturated heterocycles. The third-order valence-electron chi connectivity index (χ3n) is 5.43. The van der Waals surface area contributed by atoms with Crippen molar-refractivity contribution in [2.75, 3.05) is 19.6 Å². The monoisotopic (exact) mass is 413 g/mol. The molecule has 0 aliphatic carbocycles. The average Bonchev–Trinajstić information content (AvgIpc) is 3.21. The second-order valence-electron chi connectivity index (χ2n) is 7.84. The summed E-state index contributed by atoms with van der Waals surface area (Å²) in [6.07, 6.45) is 11.6. The van der Waals surface area contributed by atoms with Gasteiger partial charge in [0.25, 0.3) is 11.8 Å². The number of furan rings is 1. The minimum Gasteiger partial charge on any atom is -0.467 e. The van der Waals surface area contributed by atoms with E-state index in [-0.39, 0.29) is 17.0 Å². The molecule has 0 aromatic carbocycles. The van der Waals surface area contributed by atoms with E-state index in [1.165, 1.54) is 12.6 Å². The average molecular weight is 414 g/mol. The van der Waals surface area contributed by atoms with Gasteiger partial charge < -0.3 is 19.2 Å². The summed E-state index contributed by atoms with van der Waals surface area (Å²) in [7, 11) is 0. The van der Waals surface area contributed by atoms with Crippen molar-refractivity contribution in [1.29, 1.82) is 0 Å². The van der Waals surface area contributed by atoms with Crippen molar-refractivity contribution in [3.05, 3.63) is 57.9 Å². The summed E-state index contributed by atoms with van der Waals surface area (Å²) in [4.78, 5) is 40.8. The number of hydrogen-bond acceptors (Lipinski definition) is 4.